The number of rotatable bonds is 2. The fourth-order valence-electron chi connectivity index (χ4n) is 1.20. The summed E-state index contributed by atoms with van der Waals surface area (Å²) in [5.41, 5.74) is 0.468. The minimum absolute atomic E-state index is 0.129. The highest BCUT2D eigenvalue weighted by Gasteiger charge is 2.12. The highest BCUT2D eigenvalue weighted by atomic mass is 35.5. The fourth-order valence-corrected chi connectivity index (χ4v) is 1.28. The van der Waals surface area contributed by atoms with Gasteiger partial charge in [-0.2, -0.15) is 4.98 Å². The van der Waals surface area contributed by atoms with Gasteiger partial charge in [0.25, 0.3) is 11.4 Å². The summed E-state index contributed by atoms with van der Waals surface area (Å²) < 4.78 is 6.48. The Morgan fingerprint density at radius 1 is 1.56 bits per heavy atom. The van der Waals surface area contributed by atoms with Crippen molar-refractivity contribution >= 4 is 11.6 Å². The summed E-state index contributed by atoms with van der Waals surface area (Å²) in [6.07, 6.45) is 1.64. The number of hydrogen-bond donors (Lipinski definition) is 0. The van der Waals surface area contributed by atoms with Crippen molar-refractivity contribution in [2.75, 3.05) is 0 Å². The second-order valence-electron chi connectivity index (χ2n) is 3.44. The van der Waals surface area contributed by atoms with Crippen molar-refractivity contribution in [1.29, 1.82) is 0 Å². The van der Waals surface area contributed by atoms with Crippen LogP contribution in [0.3, 0.4) is 0 Å². The molecule has 0 radical (unpaired) electrons. The van der Waals surface area contributed by atoms with E-state index in [2.05, 4.69) is 10.1 Å². The van der Waals surface area contributed by atoms with Crippen LogP contribution in [0.2, 0.25) is 0 Å². The lowest BCUT2D eigenvalue weighted by Crippen LogP contribution is -2.14. The van der Waals surface area contributed by atoms with Gasteiger partial charge in [-0.15, -0.1) is 11.6 Å². The second-order valence-corrected chi connectivity index (χ2v) is 4.09. The van der Waals surface area contributed by atoms with Gasteiger partial charge in [-0.05, 0) is 13.0 Å². The van der Waals surface area contributed by atoms with Gasteiger partial charge in [0.2, 0.25) is 0 Å². The van der Waals surface area contributed by atoms with Crippen LogP contribution >= 0.6 is 11.6 Å². The number of pyridine rings is 1. The minimum atomic E-state index is -0.316. The van der Waals surface area contributed by atoms with Gasteiger partial charge in [0.05, 0.1) is 5.38 Å². The average molecular weight is 240 g/mol. The molecule has 84 valence electrons. The van der Waals surface area contributed by atoms with Crippen LogP contribution in [0.25, 0.3) is 11.5 Å². The molecule has 2 rings (SSSR count). The molecule has 0 aliphatic carbocycles. The molecule has 0 aromatic carbocycles. The monoisotopic (exact) mass is 239 g/mol. The molecule has 0 saturated heterocycles. The molecule has 6 heteroatoms. The van der Waals surface area contributed by atoms with Crippen LogP contribution < -0.4 is 5.56 Å². The first kappa shape index (κ1) is 10.9. The summed E-state index contributed by atoms with van der Waals surface area (Å²) in [7, 11) is 1.67. The van der Waals surface area contributed by atoms with Gasteiger partial charge in [0.1, 0.15) is 0 Å². The maximum absolute atomic E-state index is 11.4. The van der Waals surface area contributed by atoms with E-state index in [0.717, 1.165) is 0 Å². The van der Waals surface area contributed by atoms with E-state index in [1.165, 1.54) is 10.6 Å². The van der Waals surface area contributed by atoms with E-state index >= 15 is 0 Å². The first-order chi connectivity index (χ1) is 7.58. The Morgan fingerprint density at radius 3 is 2.88 bits per heavy atom. The molecule has 0 bridgehead atoms. The molecule has 0 aliphatic rings. The third-order valence-electron chi connectivity index (χ3n) is 2.15. The summed E-state index contributed by atoms with van der Waals surface area (Å²) in [5.74, 6) is 0.720. The molecule has 0 fully saturated rings. The highest BCUT2D eigenvalue weighted by molar-refractivity contribution is 6.20. The Balaban J connectivity index is 2.43. The summed E-state index contributed by atoms with van der Waals surface area (Å²) in [6, 6.07) is 3.17. The molecule has 1 unspecified atom stereocenters. The third kappa shape index (κ3) is 1.99. The Kier molecular flexibility index (Phi) is 2.78. The molecular formula is C10H10ClN3O2. The molecule has 2 aromatic heterocycles. The van der Waals surface area contributed by atoms with E-state index in [-0.39, 0.29) is 10.9 Å². The van der Waals surface area contributed by atoms with Crippen LogP contribution in [-0.2, 0) is 7.05 Å². The van der Waals surface area contributed by atoms with Crippen LogP contribution in [0.1, 0.15) is 18.1 Å². The van der Waals surface area contributed by atoms with Gasteiger partial charge in [-0.1, -0.05) is 5.16 Å². The molecule has 5 nitrogen and oxygen atoms in total. The number of halogens is 1. The predicted octanol–water partition coefficient (Wildman–Crippen LogP) is 1.74. The molecule has 2 heterocycles. The van der Waals surface area contributed by atoms with Gasteiger partial charge in [0.15, 0.2) is 5.82 Å². The third-order valence-corrected chi connectivity index (χ3v) is 2.34. The maximum Gasteiger partial charge on any atom is 0.258 e. The Labute approximate surface area is 96.7 Å². The quantitative estimate of drug-likeness (QED) is 0.749. The maximum atomic E-state index is 11.4. The van der Waals surface area contributed by atoms with Crippen LogP contribution in [-0.4, -0.2) is 14.7 Å². The number of aryl methyl sites for hydroxylation is 1. The second kappa shape index (κ2) is 4.09. The molecule has 16 heavy (non-hydrogen) atoms. The SMILES string of the molecule is CC(Cl)c1noc(-c2ccn(C)c(=O)c2)n1. The predicted molar refractivity (Wildman–Crippen MR) is 59.2 cm³/mol. The Bertz CT molecular complexity index is 559. The Morgan fingerprint density at radius 2 is 2.31 bits per heavy atom. The lowest BCUT2D eigenvalue weighted by Gasteiger charge is -1.96. The van der Waals surface area contributed by atoms with Gasteiger partial charge < -0.3 is 9.09 Å². The average Bonchev–Trinajstić information content (AvgIpc) is 2.71. The molecule has 1 atom stereocenters. The van der Waals surface area contributed by atoms with E-state index in [1.807, 2.05) is 0 Å². The lowest BCUT2D eigenvalue weighted by atomic mass is 10.2. The van der Waals surface area contributed by atoms with Crippen molar-refractivity contribution in [2.45, 2.75) is 12.3 Å². The first-order valence-corrected chi connectivity index (χ1v) is 5.16. The minimum Gasteiger partial charge on any atom is -0.334 e. The van der Waals surface area contributed by atoms with Gasteiger partial charge in [0, 0.05) is 24.9 Å². The van der Waals surface area contributed by atoms with Crippen LogP contribution in [0.15, 0.2) is 27.6 Å². The van der Waals surface area contributed by atoms with Crippen LogP contribution in [0.4, 0.5) is 0 Å². The van der Waals surface area contributed by atoms with E-state index in [9.17, 15) is 4.79 Å². The largest absolute Gasteiger partial charge is 0.334 e. The zero-order valence-corrected chi connectivity index (χ0v) is 9.60. The van der Waals surface area contributed by atoms with Gasteiger partial charge in [-0.25, -0.2) is 0 Å². The summed E-state index contributed by atoms with van der Waals surface area (Å²) >= 11 is 5.81. The summed E-state index contributed by atoms with van der Waals surface area (Å²) in [5, 5.41) is 3.40. The van der Waals surface area contributed by atoms with E-state index in [1.54, 1.807) is 26.2 Å². The van der Waals surface area contributed by atoms with Gasteiger partial charge >= 0.3 is 0 Å². The first-order valence-electron chi connectivity index (χ1n) is 4.72. The molecule has 0 aliphatic heterocycles. The van der Waals surface area contributed by atoms with Crippen molar-refractivity contribution in [3.63, 3.8) is 0 Å². The fraction of sp³-hybridized carbons (Fsp3) is 0.300. The number of alkyl halides is 1. The van der Waals surface area contributed by atoms with Crippen LogP contribution in [0, 0.1) is 0 Å². The zero-order chi connectivity index (χ0) is 11.7. The highest BCUT2D eigenvalue weighted by Crippen LogP contribution is 2.20. The number of hydrogen-bond acceptors (Lipinski definition) is 4. The smallest absolute Gasteiger partial charge is 0.258 e. The number of aromatic nitrogens is 3. The van der Waals surface area contributed by atoms with E-state index < -0.39 is 0 Å². The summed E-state index contributed by atoms with van der Waals surface area (Å²) in [6.45, 7) is 1.75. The molecule has 2 aromatic rings. The topological polar surface area (TPSA) is 60.9 Å². The van der Waals surface area contributed by atoms with Crippen LogP contribution in [0.5, 0.6) is 0 Å². The normalized spacial score (nSPS) is 12.7. The molecule has 0 spiro atoms. The Hall–Kier alpha value is -1.62. The van der Waals surface area contributed by atoms with Crippen molar-refractivity contribution in [1.82, 2.24) is 14.7 Å². The molecule has 0 saturated carbocycles. The zero-order valence-electron chi connectivity index (χ0n) is 8.85. The standard InChI is InChI=1S/C10H10ClN3O2/c1-6(11)9-12-10(16-13-9)7-3-4-14(2)8(15)5-7/h3-6H,1-2H3. The summed E-state index contributed by atoms with van der Waals surface area (Å²) in [4.78, 5) is 15.5. The van der Waals surface area contributed by atoms with Gasteiger partial charge in [-0.3, -0.25) is 4.79 Å². The van der Waals surface area contributed by atoms with Crippen molar-refractivity contribution < 1.29 is 4.52 Å². The van der Waals surface area contributed by atoms with Crippen molar-refractivity contribution in [3.8, 4) is 11.5 Å². The molecule has 0 amide bonds. The van der Waals surface area contributed by atoms with E-state index in [0.29, 0.717) is 17.3 Å². The van der Waals surface area contributed by atoms with E-state index in [4.69, 9.17) is 16.1 Å². The van der Waals surface area contributed by atoms with Crippen molar-refractivity contribution in [3.05, 3.63) is 34.5 Å². The van der Waals surface area contributed by atoms with Crippen molar-refractivity contribution in [2.24, 2.45) is 7.05 Å². The molecule has 0 N–H and O–H groups in total. The lowest BCUT2D eigenvalue weighted by molar-refractivity contribution is 0.422. The molecular weight excluding hydrogens is 230 g/mol. The number of nitrogens with zero attached hydrogens (tertiary/aromatic N) is 3.